The predicted molar refractivity (Wildman–Crippen MR) is 133 cm³/mol. The Morgan fingerprint density at radius 3 is 2.52 bits per heavy atom. The number of guanidine groups is 1. The first-order chi connectivity index (χ1) is 13.8. The molecule has 1 saturated heterocycles. The zero-order valence-electron chi connectivity index (χ0n) is 18.0. The Hall–Kier alpha value is -1.06. The lowest BCUT2D eigenvalue weighted by atomic mass is 10.2. The van der Waals surface area contributed by atoms with Gasteiger partial charge in [-0.05, 0) is 44.2 Å². The van der Waals surface area contributed by atoms with Crippen LogP contribution in [0, 0.1) is 5.92 Å². The van der Waals surface area contributed by atoms with Gasteiger partial charge in [-0.3, -0.25) is 9.89 Å². The molecule has 3 rings (SSSR count). The van der Waals surface area contributed by atoms with Gasteiger partial charge in [-0.1, -0.05) is 18.2 Å². The van der Waals surface area contributed by atoms with Crippen molar-refractivity contribution < 1.29 is 4.74 Å². The normalized spacial score (nSPS) is 18.8. The van der Waals surface area contributed by atoms with Gasteiger partial charge in [0.15, 0.2) is 5.96 Å². The van der Waals surface area contributed by atoms with Crippen molar-refractivity contribution in [3.8, 4) is 0 Å². The maximum Gasteiger partial charge on any atom is 0.191 e. The summed E-state index contributed by atoms with van der Waals surface area (Å²) in [5.41, 5.74) is 1.33. The van der Waals surface area contributed by atoms with Crippen molar-refractivity contribution in [2.45, 2.75) is 32.2 Å². The van der Waals surface area contributed by atoms with Crippen LogP contribution in [0.5, 0.6) is 0 Å². The molecule has 0 amide bonds. The van der Waals surface area contributed by atoms with Gasteiger partial charge >= 0.3 is 0 Å². The average molecular weight is 515 g/mol. The number of hydrogen-bond donors (Lipinski definition) is 2. The summed E-state index contributed by atoms with van der Waals surface area (Å²) in [6, 6.07) is 11.2. The van der Waals surface area contributed by atoms with E-state index < -0.39 is 0 Å². The summed E-state index contributed by atoms with van der Waals surface area (Å²) >= 11 is 0. The van der Waals surface area contributed by atoms with Gasteiger partial charge in [0.2, 0.25) is 0 Å². The molecule has 2 aliphatic rings. The summed E-state index contributed by atoms with van der Waals surface area (Å²) in [5.74, 6) is 1.73. The molecule has 7 heteroatoms. The molecule has 1 aromatic carbocycles. The molecule has 2 N–H and O–H groups in total. The summed E-state index contributed by atoms with van der Waals surface area (Å²) in [5, 5.41) is 6.86. The third kappa shape index (κ3) is 8.68. The average Bonchev–Trinajstić information content (AvgIpc) is 3.57. The minimum atomic E-state index is 0. The molecule has 0 aromatic heterocycles. The number of anilines is 1. The summed E-state index contributed by atoms with van der Waals surface area (Å²) in [7, 11) is 1.84. The van der Waals surface area contributed by atoms with E-state index in [1.807, 2.05) is 7.05 Å². The molecule has 29 heavy (non-hydrogen) atoms. The molecule has 0 bridgehead atoms. The molecule has 164 valence electrons. The van der Waals surface area contributed by atoms with E-state index in [0.717, 1.165) is 70.8 Å². The van der Waals surface area contributed by atoms with Gasteiger partial charge in [-0.2, -0.15) is 0 Å². The summed E-state index contributed by atoms with van der Waals surface area (Å²) < 4.78 is 5.68. The van der Waals surface area contributed by atoms with Crippen LogP contribution in [0.15, 0.2) is 35.3 Å². The minimum Gasteiger partial charge on any atom is -0.381 e. The van der Waals surface area contributed by atoms with Crippen LogP contribution in [0.4, 0.5) is 5.69 Å². The Morgan fingerprint density at radius 2 is 1.86 bits per heavy atom. The Morgan fingerprint density at radius 1 is 1.14 bits per heavy atom. The molecular formula is C22H38IN5O. The van der Waals surface area contributed by atoms with Crippen LogP contribution in [0.25, 0.3) is 0 Å². The predicted octanol–water partition coefficient (Wildman–Crippen LogP) is 2.80. The third-order valence-electron chi connectivity index (χ3n) is 5.66. The first kappa shape index (κ1) is 24.2. The topological polar surface area (TPSA) is 52.1 Å². The molecule has 2 fully saturated rings. The van der Waals surface area contributed by atoms with Gasteiger partial charge in [-0.25, -0.2) is 0 Å². The number of nitrogens with zero attached hydrogens (tertiary/aromatic N) is 3. The van der Waals surface area contributed by atoms with E-state index in [1.165, 1.54) is 18.5 Å². The Kier molecular flexibility index (Phi) is 11.1. The van der Waals surface area contributed by atoms with Crippen LogP contribution >= 0.6 is 24.0 Å². The molecule has 0 radical (unpaired) electrons. The van der Waals surface area contributed by atoms with Gasteiger partial charge in [-0.15, -0.1) is 24.0 Å². The van der Waals surface area contributed by atoms with Crippen LogP contribution in [0.3, 0.4) is 0 Å². The minimum absolute atomic E-state index is 0. The molecule has 1 aliphatic carbocycles. The lowest BCUT2D eigenvalue weighted by Crippen LogP contribution is -2.53. The summed E-state index contributed by atoms with van der Waals surface area (Å²) in [6.45, 7) is 10.3. The molecule has 1 aliphatic heterocycles. The second kappa shape index (κ2) is 13.3. The highest BCUT2D eigenvalue weighted by atomic mass is 127. The zero-order chi connectivity index (χ0) is 19.6. The van der Waals surface area contributed by atoms with Gasteiger partial charge in [0, 0.05) is 71.3 Å². The molecule has 0 spiro atoms. The van der Waals surface area contributed by atoms with Crippen molar-refractivity contribution in [3.63, 3.8) is 0 Å². The van der Waals surface area contributed by atoms with E-state index in [0.29, 0.717) is 6.04 Å². The van der Waals surface area contributed by atoms with Crippen molar-refractivity contribution >= 4 is 35.6 Å². The Labute approximate surface area is 193 Å². The monoisotopic (exact) mass is 515 g/mol. The number of piperazine rings is 1. The lowest BCUT2D eigenvalue weighted by Gasteiger charge is -2.39. The fraction of sp³-hybridized carbons (Fsp3) is 0.682. The molecule has 1 unspecified atom stereocenters. The molecule has 1 atom stereocenters. The SMILES string of the molecule is CN=C(NCCCOCC1CC1)NCC(C)N1CCN(c2ccccc2)CC1.I. The van der Waals surface area contributed by atoms with E-state index in [9.17, 15) is 0 Å². The van der Waals surface area contributed by atoms with Crippen molar-refractivity contribution in [2.75, 3.05) is 64.4 Å². The standard InChI is InChI=1S/C22H37N5O.HI/c1-19(26-12-14-27(15-13-26)21-7-4-3-5-8-21)17-25-22(23-2)24-11-6-16-28-18-20-9-10-20;/h3-5,7-8,19-20H,6,9-18H2,1-2H3,(H2,23,24,25);1H. The van der Waals surface area contributed by atoms with Crippen LogP contribution in [0.1, 0.15) is 26.2 Å². The first-order valence-electron chi connectivity index (χ1n) is 10.8. The van der Waals surface area contributed by atoms with Crippen molar-refractivity contribution in [1.29, 1.82) is 0 Å². The maximum absolute atomic E-state index is 5.68. The molecular weight excluding hydrogens is 477 g/mol. The Balaban J connectivity index is 0.00000300. The second-order valence-electron chi connectivity index (χ2n) is 7.96. The highest BCUT2D eigenvalue weighted by molar-refractivity contribution is 14.0. The number of benzene rings is 1. The van der Waals surface area contributed by atoms with E-state index in [1.54, 1.807) is 0 Å². The highest BCUT2D eigenvalue weighted by Gasteiger charge is 2.22. The molecule has 6 nitrogen and oxygen atoms in total. The van der Waals surface area contributed by atoms with Crippen LogP contribution < -0.4 is 15.5 Å². The number of aliphatic imine (C=N–C) groups is 1. The number of nitrogens with one attached hydrogen (secondary N) is 2. The quantitative estimate of drug-likeness (QED) is 0.217. The highest BCUT2D eigenvalue weighted by Crippen LogP contribution is 2.28. The lowest BCUT2D eigenvalue weighted by molar-refractivity contribution is 0.123. The van der Waals surface area contributed by atoms with Gasteiger partial charge in [0.25, 0.3) is 0 Å². The van der Waals surface area contributed by atoms with Crippen molar-refractivity contribution in [2.24, 2.45) is 10.9 Å². The van der Waals surface area contributed by atoms with E-state index in [2.05, 4.69) is 62.7 Å². The second-order valence-corrected chi connectivity index (χ2v) is 7.96. The van der Waals surface area contributed by atoms with E-state index in [4.69, 9.17) is 4.74 Å². The van der Waals surface area contributed by atoms with Crippen LogP contribution in [-0.2, 0) is 4.74 Å². The van der Waals surface area contributed by atoms with Crippen molar-refractivity contribution in [3.05, 3.63) is 30.3 Å². The largest absolute Gasteiger partial charge is 0.381 e. The fourth-order valence-electron chi connectivity index (χ4n) is 3.57. The molecule has 1 aromatic rings. The smallest absolute Gasteiger partial charge is 0.191 e. The van der Waals surface area contributed by atoms with Crippen molar-refractivity contribution in [1.82, 2.24) is 15.5 Å². The zero-order valence-corrected chi connectivity index (χ0v) is 20.3. The number of ether oxygens (including phenoxy) is 1. The first-order valence-corrected chi connectivity index (χ1v) is 10.8. The Bertz CT molecular complexity index is 588. The summed E-state index contributed by atoms with van der Waals surface area (Å²) in [4.78, 5) is 9.38. The van der Waals surface area contributed by atoms with Gasteiger partial charge in [0.05, 0.1) is 0 Å². The van der Waals surface area contributed by atoms with E-state index >= 15 is 0 Å². The maximum atomic E-state index is 5.68. The number of halogens is 1. The summed E-state index contributed by atoms with van der Waals surface area (Å²) in [6.07, 6.45) is 3.73. The van der Waals surface area contributed by atoms with Gasteiger partial charge < -0.3 is 20.3 Å². The molecule has 1 heterocycles. The number of hydrogen-bond acceptors (Lipinski definition) is 4. The van der Waals surface area contributed by atoms with Gasteiger partial charge in [0.1, 0.15) is 0 Å². The van der Waals surface area contributed by atoms with Crippen LogP contribution in [0.2, 0.25) is 0 Å². The third-order valence-corrected chi connectivity index (χ3v) is 5.66. The number of rotatable bonds is 10. The number of para-hydroxylation sites is 1. The van der Waals surface area contributed by atoms with E-state index in [-0.39, 0.29) is 24.0 Å². The van der Waals surface area contributed by atoms with Crippen LogP contribution in [-0.4, -0.2) is 76.4 Å². The fourth-order valence-corrected chi connectivity index (χ4v) is 3.57. The molecule has 1 saturated carbocycles.